The summed E-state index contributed by atoms with van der Waals surface area (Å²) >= 11 is 0. The number of nitrogens with zero attached hydrogens (tertiary/aromatic N) is 1. The van der Waals surface area contributed by atoms with Crippen LogP contribution in [0.25, 0.3) is 0 Å². The topological polar surface area (TPSA) is 31.2 Å². The van der Waals surface area contributed by atoms with Crippen LogP contribution in [0.3, 0.4) is 0 Å². The van der Waals surface area contributed by atoms with Gasteiger partial charge in [-0.15, -0.1) is 0 Å². The number of esters is 1. The van der Waals surface area contributed by atoms with Crippen molar-refractivity contribution in [3.63, 3.8) is 0 Å². The highest BCUT2D eigenvalue weighted by Crippen LogP contribution is 2.17. The first kappa shape index (κ1) is 10.8. The molecule has 14 heavy (non-hydrogen) atoms. The molecule has 0 aliphatic carbocycles. The largest absolute Gasteiger partial charge is 0.461 e. The Bertz CT molecular complexity index is 326. The van der Waals surface area contributed by atoms with Crippen molar-refractivity contribution in [2.24, 2.45) is 7.05 Å². The molecule has 3 heteroatoms. The maximum Gasteiger partial charge on any atom is 0.354 e. The van der Waals surface area contributed by atoms with Crippen LogP contribution in [-0.4, -0.2) is 17.1 Å². The fourth-order valence-electron chi connectivity index (χ4n) is 1.31. The lowest BCUT2D eigenvalue weighted by Crippen LogP contribution is -2.08. The Labute approximate surface area is 84.7 Å². The van der Waals surface area contributed by atoms with E-state index in [0.717, 1.165) is 5.56 Å². The minimum absolute atomic E-state index is 0.248. The highest BCUT2D eigenvalue weighted by Gasteiger charge is 2.13. The smallest absolute Gasteiger partial charge is 0.354 e. The molecule has 3 nitrogen and oxygen atoms in total. The van der Waals surface area contributed by atoms with E-state index in [-0.39, 0.29) is 5.97 Å². The summed E-state index contributed by atoms with van der Waals surface area (Å²) in [6.45, 7) is 6.43. The van der Waals surface area contributed by atoms with Crippen molar-refractivity contribution in [2.75, 3.05) is 6.61 Å². The molecule has 0 atom stereocenters. The van der Waals surface area contributed by atoms with Crippen LogP contribution in [0.1, 0.15) is 42.7 Å². The average molecular weight is 195 g/mol. The summed E-state index contributed by atoms with van der Waals surface area (Å²) in [5.41, 5.74) is 1.78. The van der Waals surface area contributed by atoms with Crippen molar-refractivity contribution in [1.82, 2.24) is 4.57 Å². The van der Waals surface area contributed by atoms with E-state index in [9.17, 15) is 4.79 Å². The molecule has 0 saturated carbocycles. The van der Waals surface area contributed by atoms with Gasteiger partial charge in [0.25, 0.3) is 0 Å². The minimum Gasteiger partial charge on any atom is -0.461 e. The zero-order valence-corrected chi connectivity index (χ0v) is 9.20. The van der Waals surface area contributed by atoms with Crippen LogP contribution in [0.15, 0.2) is 12.3 Å². The molecule has 0 radical (unpaired) electrons. The van der Waals surface area contributed by atoms with Crippen molar-refractivity contribution in [2.45, 2.75) is 26.7 Å². The molecule has 1 aromatic heterocycles. The van der Waals surface area contributed by atoms with Gasteiger partial charge in [0, 0.05) is 13.2 Å². The first-order valence-corrected chi connectivity index (χ1v) is 4.89. The van der Waals surface area contributed by atoms with Gasteiger partial charge in [0.05, 0.1) is 6.61 Å². The van der Waals surface area contributed by atoms with Crippen molar-refractivity contribution in [1.29, 1.82) is 0 Å². The van der Waals surface area contributed by atoms with Crippen LogP contribution in [0.4, 0.5) is 0 Å². The first-order chi connectivity index (χ1) is 6.56. The van der Waals surface area contributed by atoms with Gasteiger partial charge in [-0.3, -0.25) is 0 Å². The van der Waals surface area contributed by atoms with Gasteiger partial charge in [0.2, 0.25) is 0 Å². The van der Waals surface area contributed by atoms with Gasteiger partial charge in [-0.2, -0.15) is 0 Å². The van der Waals surface area contributed by atoms with Crippen LogP contribution in [0.2, 0.25) is 0 Å². The van der Waals surface area contributed by atoms with Crippen molar-refractivity contribution in [3.05, 3.63) is 23.5 Å². The number of carbonyl (C=O) groups excluding carboxylic acids is 1. The second-order valence-corrected chi connectivity index (χ2v) is 3.64. The predicted molar refractivity (Wildman–Crippen MR) is 55.5 cm³/mol. The third-order valence-electron chi connectivity index (χ3n) is 2.18. The van der Waals surface area contributed by atoms with Gasteiger partial charge in [-0.25, -0.2) is 4.79 Å². The Morgan fingerprint density at radius 3 is 2.64 bits per heavy atom. The highest BCUT2D eigenvalue weighted by molar-refractivity contribution is 5.88. The summed E-state index contributed by atoms with van der Waals surface area (Å²) in [5.74, 6) is 0.186. The van der Waals surface area contributed by atoms with Crippen LogP contribution in [0, 0.1) is 0 Å². The molecule has 78 valence electrons. The zero-order valence-electron chi connectivity index (χ0n) is 9.20. The summed E-state index contributed by atoms with van der Waals surface area (Å²) in [6, 6.07) is 1.89. The molecule has 1 heterocycles. The molecule has 1 aromatic rings. The number of hydrogen-bond acceptors (Lipinski definition) is 2. The lowest BCUT2D eigenvalue weighted by atomic mass is 10.1. The maximum atomic E-state index is 11.5. The molecule has 0 N–H and O–H groups in total. The summed E-state index contributed by atoms with van der Waals surface area (Å²) in [7, 11) is 1.86. The number of aromatic nitrogens is 1. The molecule has 0 aromatic carbocycles. The van der Waals surface area contributed by atoms with Crippen molar-refractivity contribution < 1.29 is 9.53 Å². The summed E-state index contributed by atoms with van der Waals surface area (Å²) < 4.78 is 6.75. The number of rotatable bonds is 3. The van der Waals surface area contributed by atoms with Crippen molar-refractivity contribution in [3.8, 4) is 0 Å². The van der Waals surface area contributed by atoms with E-state index in [4.69, 9.17) is 4.74 Å². The van der Waals surface area contributed by atoms with E-state index in [1.807, 2.05) is 30.8 Å². The number of hydrogen-bond donors (Lipinski definition) is 0. The predicted octanol–water partition coefficient (Wildman–Crippen LogP) is 2.33. The lowest BCUT2D eigenvalue weighted by molar-refractivity contribution is 0.0515. The minimum atomic E-state index is -0.248. The van der Waals surface area contributed by atoms with E-state index in [0.29, 0.717) is 18.2 Å². The fourth-order valence-corrected chi connectivity index (χ4v) is 1.31. The summed E-state index contributed by atoms with van der Waals surface area (Å²) in [5, 5.41) is 0. The zero-order chi connectivity index (χ0) is 10.7. The lowest BCUT2D eigenvalue weighted by Gasteiger charge is -2.01. The third-order valence-corrected chi connectivity index (χ3v) is 2.18. The Hall–Kier alpha value is -1.25. The Kier molecular flexibility index (Phi) is 3.33. The molecule has 0 bridgehead atoms. The second kappa shape index (κ2) is 4.31. The Morgan fingerprint density at radius 2 is 2.21 bits per heavy atom. The Balaban J connectivity index is 2.92. The molecule has 1 rings (SSSR count). The SMILES string of the molecule is CCOC(=O)c1cc(C(C)C)cn1C. The van der Waals surface area contributed by atoms with E-state index < -0.39 is 0 Å². The third kappa shape index (κ3) is 2.16. The second-order valence-electron chi connectivity index (χ2n) is 3.64. The molecule has 0 aliphatic heterocycles. The molecule has 0 spiro atoms. The van der Waals surface area contributed by atoms with Crippen LogP contribution < -0.4 is 0 Å². The molecule has 0 fully saturated rings. The number of ether oxygens (including phenoxy) is 1. The molecule has 0 aliphatic rings. The van der Waals surface area contributed by atoms with E-state index in [1.165, 1.54) is 0 Å². The molecular formula is C11H17NO2. The quantitative estimate of drug-likeness (QED) is 0.693. The first-order valence-electron chi connectivity index (χ1n) is 4.89. The maximum absolute atomic E-state index is 11.5. The van der Waals surface area contributed by atoms with E-state index >= 15 is 0 Å². The van der Waals surface area contributed by atoms with Crippen LogP contribution >= 0.6 is 0 Å². The van der Waals surface area contributed by atoms with Gasteiger partial charge in [-0.05, 0) is 24.5 Å². The summed E-state index contributed by atoms with van der Waals surface area (Å²) in [6.07, 6.45) is 1.97. The average Bonchev–Trinajstić information content (AvgIpc) is 2.48. The fraction of sp³-hybridized carbons (Fsp3) is 0.545. The highest BCUT2D eigenvalue weighted by atomic mass is 16.5. The Morgan fingerprint density at radius 1 is 1.57 bits per heavy atom. The number of carbonyl (C=O) groups is 1. The van der Waals surface area contributed by atoms with Crippen molar-refractivity contribution >= 4 is 5.97 Å². The summed E-state index contributed by atoms with van der Waals surface area (Å²) in [4.78, 5) is 11.5. The molecule has 0 unspecified atom stereocenters. The van der Waals surface area contributed by atoms with E-state index in [1.54, 1.807) is 0 Å². The van der Waals surface area contributed by atoms with E-state index in [2.05, 4.69) is 13.8 Å². The standard InChI is InChI=1S/C11H17NO2/c1-5-14-11(13)10-6-9(8(2)3)7-12(10)4/h6-8H,5H2,1-4H3. The molecular weight excluding hydrogens is 178 g/mol. The van der Waals surface area contributed by atoms with Gasteiger partial charge < -0.3 is 9.30 Å². The van der Waals surface area contributed by atoms with Gasteiger partial charge >= 0.3 is 5.97 Å². The number of aryl methyl sites for hydroxylation is 1. The van der Waals surface area contributed by atoms with Crippen LogP contribution in [-0.2, 0) is 11.8 Å². The molecule has 0 saturated heterocycles. The van der Waals surface area contributed by atoms with Gasteiger partial charge in [0.15, 0.2) is 0 Å². The monoisotopic (exact) mass is 195 g/mol. The van der Waals surface area contributed by atoms with Gasteiger partial charge in [0.1, 0.15) is 5.69 Å². The van der Waals surface area contributed by atoms with Crippen LogP contribution in [0.5, 0.6) is 0 Å². The normalized spacial score (nSPS) is 10.6. The van der Waals surface area contributed by atoms with Gasteiger partial charge in [-0.1, -0.05) is 13.8 Å². The molecule has 0 amide bonds.